The van der Waals surface area contributed by atoms with Crippen molar-refractivity contribution >= 4 is 22.6 Å². The van der Waals surface area contributed by atoms with Crippen molar-refractivity contribution < 1.29 is 23.1 Å². The summed E-state index contributed by atoms with van der Waals surface area (Å²) in [7, 11) is -3.99. The molecule has 2 saturated carbocycles. The predicted octanol–water partition coefficient (Wildman–Crippen LogP) is 11.6. The van der Waals surface area contributed by atoms with Crippen LogP contribution in [0.25, 0.3) is 0 Å². The maximum Gasteiger partial charge on any atom is 0.335 e. The lowest BCUT2D eigenvalue weighted by atomic mass is 9.63. The SMILES string of the molecule is C=C1/C(=C\C=C2/CCC[C@]3(C)C(C(C)O[C@@H](CC)C(=O)OC(C)(C)C)=CC[C@@H]23)C[C@@H](O[Si](C)(C)C(C)(C)C)C[C@@H]1O[Si](C)(C)C(C)(C)C. The number of fused-ring (bicyclic) bond motifs is 1. The third kappa shape index (κ3) is 9.54. The molecule has 0 aromatic rings. The molecule has 274 valence electrons. The normalized spacial score (nSPS) is 29.1. The van der Waals surface area contributed by atoms with E-state index in [2.05, 4.69) is 106 Å². The Bertz CT molecular complexity index is 1270. The van der Waals surface area contributed by atoms with E-state index in [4.69, 9.17) is 18.3 Å². The smallest absolute Gasteiger partial charge is 0.335 e. The number of hydrogen-bond acceptors (Lipinski definition) is 5. The van der Waals surface area contributed by atoms with Crippen molar-refractivity contribution in [2.45, 2.75) is 194 Å². The number of hydrogen-bond donors (Lipinski definition) is 0. The van der Waals surface area contributed by atoms with Crippen LogP contribution in [0.2, 0.25) is 36.3 Å². The predicted molar refractivity (Wildman–Crippen MR) is 207 cm³/mol. The van der Waals surface area contributed by atoms with Crippen molar-refractivity contribution in [3.8, 4) is 0 Å². The van der Waals surface area contributed by atoms with E-state index in [0.717, 1.165) is 44.1 Å². The number of esters is 1. The molecule has 3 aliphatic rings. The van der Waals surface area contributed by atoms with E-state index < -0.39 is 28.3 Å². The second kappa shape index (κ2) is 14.8. The maximum absolute atomic E-state index is 12.9. The first-order valence-electron chi connectivity index (χ1n) is 18.8. The fourth-order valence-electron chi connectivity index (χ4n) is 7.25. The summed E-state index contributed by atoms with van der Waals surface area (Å²) >= 11 is 0. The van der Waals surface area contributed by atoms with Gasteiger partial charge in [0.25, 0.3) is 0 Å². The molecular formula is C41H72O5Si2. The van der Waals surface area contributed by atoms with Gasteiger partial charge in [-0.15, -0.1) is 0 Å². The monoisotopic (exact) mass is 700 g/mol. The summed E-state index contributed by atoms with van der Waals surface area (Å²) < 4.78 is 26.3. The zero-order valence-electron chi connectivity index (χ0n) is 33.8. The molecule has 6 atom stereocenters. The number of rotatable bonds is 10. The molecule has 0 amide bonds. The van der Waals surface area contributed by atoms with Crippen molar-refractivity contribution in [1.29, 1.82) is 0 Å². The first-order valence-corrected chi connectivity index (χ1v) is 24.6. The van der Waals surface area contributed by atoms with Gasteiger partial charge < -0.3 is 18.3 Å². The highest BCUT2D eigenvalue weighted by Gasteiger charge is 2.48. The van der Waals surface area contributed by atoms with E-state index in [0.29, 0.717) is 12.3 Å². The highest BCUT2D eigenvalue weighted by molar-refractivity contribution is 6.74. The lowest BCUT2D eigenvalue weighted by Crippen LogP contribution is -2.49. The molecule has 0 saturated heterocycles. The molecule has 7 heteroatoms. The van der Waals surface area contributed by atoms with Gasteiger partial charge in [0.15, 0.2) is 22.7 Å². The van der Waals surface area contributed by atoms with Gasteiger partial charge >= 0.3 is 5.97 Å². The van der Waals surface area contributed by atoms with E-state index in [9.17, 15) is 4.79 Å². The molecule has 2 fully saturated rings. The second-order valence-electron chi connectivity index (χ2n) is 19.2. The summed E-state index contributed by atoms with van der Waals surface area (Å²) in [5.74, 6) is 0.161. The van der Waals surface area contributed by atoms with Gasteiger partial charge in [0.05, 0.1) is 18.3 Å². The summed E-state index contributed by atoms with van der Waals surface area (Å²) in [5, 5.41) is 0.269. The molecule has 0 N–H and O–H groups in total. The Morgan fingerprint density at radius 3 is 2.12 bits per heavy atom. The molecular weight excluding hydrogens is 629 g/mol. The summed E-state index contributed by atoms with van der Waals surface area (Å²) in [6.45, 7) is 40.2. The minimum atomic E-state index is -2.02. The van der Waals surface area contributed by atoms with Crippen LogP contribution in [0.15, 0.2) is 47.1 Å². The van der Waals surface area contributed by atoms with Crippen LogP contribution in [0, 0.1) is 11.3 Å². The van der Waals surface area contributed by atoms with Crippen molar-refractivity contribution in [1.82, 2.24) is 0 Å². The minimum Gasteiger partial charge on any atom is -0.458 e. The Balaban J connectivity index is 1.88. The average molecular weight is 701 g/mol. The number of allylic oxidation sites excluding steroid dienone is 4. The first-order chi connectivity index (χ1) is 21.7. The summed E-state index contributed by atoms with van der Waals surface area (Å²) in [6, 6.07) is 0. The Morgan fingerprint density at radius 2 is 1.58 bits per heavy atom. The Morgan fingerprint density at radius 1 is 1.00 bits per heavy atom. The number of ether oxygens (including phenoxy) is 2. The standard InChI is InChI=1S/C41H72O5Si2/c1-18-35(37(42)44-38(4,5)6)43-29(3)33-23-24-34-30(20-19-25-41(33,34)13)21-22-31-26-32(45-47(14,15)39(7,8)9)27-36(28(31)2)46-48(16,17)40(10,11)12/h21-23,29,32,34-36H,2,18-20,24-27H2,1,3-17H3/b30-21+,31-22-/t29?,32-,34+,35+,36+,41-/m1/s1. The lowest BCUT2D eigenvalue weighted by Gasteiger charge is -2.45. The average Bonchev–Trinajstić information content (AvgIpc) is 3.27. The van der Waals surface area contributed by atoms with Gasteiger partial charge in [-0.2, -0.15) is 0 Å². The lowest BCUT2D eigenvalue weighted by molar-refractivity contribution is -0.171. The van der Waals surface area contributed by atoms with Gasteiger partial charge in [0.1, 0.15) is 5.60 Å². The van der Waals surface area contributed by atoms with Gasteiger partial charge in [-0.25, -0.2) is 4.79 Å². The zero-order valence-corrected chi connectivity index (χ0v) is 35.8. The molecule has 0 aromatic carbocycles. The van der Waals surface area contributed by atoms with Gasteiger partial charge in [-0.05, 0) is 131 Å². The van der Waals surface area contributed by atoms with Crippen molar-refractivity contribution in [2.24, 2.45) is 11.3 Å². The Kier molecular flexibility index (Phi) is 12.7. The van der Waals surface area contributed by atoms with Crippen LogP contribution in [0.5, 0.6) is 0 Å². The fraction of sp³-hybridized carbons (Fsp3) is 0.780. The van der Waals surface area contributed by atoms with Crippen LogP contribution in [0.3, 0.4) is 0 Å². The molecule has 0 heterocycles. The largest absolute Gasteiger partial charge is 0.458 e. The summed E-state index contributed by atoms with van der Waals surface area (Å²) in [4.78, 5) is 12.9. The molecule has 3 rings (SSSR count). The molecule has 3 aliphatic carbocycles. The van der Waals surface area contributed by atoms with Crippen LogP contribution in [0.1, 0.15) is 128 Å². The second-order valence-corrected chi connectivity index (χ2v) is 28.7. The van der Waals surface area contributed by atoms with E-state index in [-0.39, 0.29) is 39.8 Å². The van der Waals surface area contributed by atoms with E-state index in [1.54, 1.807) is 0 Å². The van der Waals surface area contributed by atoms with Crippen LogP contribution in [0.4, 0.5) is 0 Å². The molecule has 0 aliphatic heterocycles. The minimum absolute atomic E-state index is 0.0137. The van der Waals surface area contributed by atoms with E-state index in [1.807, 2.05) is 27.7 Å². The molecule has 5 nitrogen and oxygen atoms in total. The van der Waals surface area contributed by atoms with Gasteiger partial charge in [-0.3, -0.25) is 0 Å². The molecule has 1 unspecified atom stereocenters. The highest BCUT2D eigenvalue weighted by Crippen LogP contribution is 2.56. The third-order valence-corrected chi connectivity index (χ3v) is 21.2. The summed E-state index contributed by atoms with van der Waals surface area (Å²) in [5.41, 5.74) is 4.73. The van der Waals surface area contributed by atoms with Crippen LogP contribution >= 0.6 is 0 Å². The van der Waals surface area contributed by atoms with Crippen molar-refractivity contribution in [3.05, 3.63) is 47.1 Å². The molecule has 0 bridgehead atoms. The van der Waals surface area contributed by atoms with Gasteiger partial charge in [0, 0.05) is 6.42 Å². The molecule has 0 aromatic heterocycles. The maximum atomic E-state index is 12.9. The van der Waals surface area contributed by atoms with Crippen molar-refractivity contribution in [3.63, 3.8) is 0 Å². The molecule has 0 radical (unpaired) electrons. The summed E-state index contributed by atoms with van der Waals surface area (Å²) in [6.07, 6.45) is 13.3. The number of carbonyl (C=O) groups excluding carboxylic acids is 1. The molecule has 0 spiro atoms. The van der Waals surface area contributed by atoms with Gasteiger partial charge in [0.2, 0.25) is 0 Å². The van der Waals surface area contributed by atoms with E-state index >= 15 is 0 Å². The quantitative estimate of drug-likeness (QED) is 0.129. The zero-order chi connectivity index (χ0) is 36.7. The van der Waals surface area contributed by atoms with Crippen LogP contribution in [-0.2, 0) is 23.1 Å². The first kappa shape index (κ1) is 41.2. The fourth-order valence-corrected chi connectivity index (χ4v) is 9.92. The van der Waals surface area contributed by atoms with Crippen LogP contribution in [-0.4, -0.2) is 52.6 Å². The van der Waals surface area contributed by atoms with Crippen molar-refractivity contribution in [2.75, 3.05) is 0 Å². The van der Waals surface area contributed by atoms with Gasteiger partial charge in [-0.1, -0.05) is 85.8 Å². The topological polar surface area (TPSA) is 54.0 Å². The Hall–Kier alpha value is -1.26. The Labute approximate surface area is 297 Å². The van der Waals surface area contributed by atoms with Crippen LogP contribution < -0.4 is 0 Å². The molecule has 48 heavy (non-hydrogen) atoms. The highest BCUT2D eigenvalue weighted by atomic mass is 28.4. The number of carbonyl (C=O) groups is 1. The van der Waals surface area contributed by atoms with E-state index in [1.165, 1.54) is 16.7 Å². The third-order valence-electron chi connectivity index (χ3n) is 12.2.